The van der Waals surface area contributed by atoms with Crippen LogP contribution in [0.25, 0.3) is 11.0 Å². The van der Waals surface area contributed by atoms with Crippen molar-refractivity contribution in [1.82, 2.24) is 10.3 Å². The van der Waals surface area contributed by atoms with E-state index in [-0.39, 0.29) is 18.5 Å². The van der Waals surface area contributed by atoms with Crippen molar-refractivity contribution >= 4 is 33.3 Å². The summed E-state index contributed by atoms with van der Waals surface area (Å²) >= 11 is 1.49. The number of fused-ring (bicyclic) bond motifs is 1. The summed E-state index contributed by atoms with van der Waals surface area (Å²) in [4.78, 5) is 17.4. The molecule has 6 heteroatoms. The summed E-state index contributed by atoms with van der Waals surface area (Å²) in [5.74, 6) is 0.710. The molecule has 0 saturated heterocycles. The van der Waals surface area contributed by atoms with Gasteiger partial charge in [-0.05, 0) is 32.9 Å². The van der Waals surface area contributed by atoms with Crippen LogP contribution in [-0.2, 0) is 4.79 Å². The maximum absolute atomic E-state index is 12.0. The lowest BCUT2D eigenvalue weighted by molar-refractivity contribution is -0.115. The minimum Gasteiger partial charge on any atom is -0.459 e. The molecule has 3 aromatic rings. The van der Waals surface area contributed by atoms with E-state index in [9.17, 15) is 4.79 Å². The largest absolute Gasteiger partial charge is 0.459 e. The maximum Gasteiger partial charge on any atom is 0.240 e. The Kier molecular flexibility index (Phi) is 4.45. The number of aryl methyl sites for hydroxylation is 2. The van der Waals surface area contributed by atoms with Crippen molar-refractivity contribution in [2.45, 2.75) is 26.8 Å². The smallest absolute Gasteiger partial charge is 0.240 e. The van der Waals surface area contributed by atoms with Gasteiger partial charge < -0.3 is 9.73 Å². The zero-order valence-corrected chi connectivity index (χ0v) is 14.2. The van der Waals surface area contributed by atoms with Gasteiger partial charge >= 0.3 is 0 Å². The monoisotopic (exact) mass is 329 g/mol. The number of thiazole rings is 1. The number of carbonyl (C=O) groups excluding carboxylic acids is 1. The molecule has 0 bridgehead atoms. The molecule has 0 radical (unpaired) electrons. The molecule has 2 aromatic heterocycles. The Morgan fingerprint density at radius 2 is 2.13 bits per heavy atom. The van der Waals surface area contributed by atoms with Crippen LogP contribution in [0.4, 0.5) is 5.13 Å². The van der Waals surface area contributed by atoms with E-state index < -0.39 is 0 Å². The average Bonchev–Trinajstić information content (AvgIpc) is 3.08. The van der Waals surface area contributed by atoms with Crippen molar-refractivity contribution in [1.29, 1.82) is 0 Å². The summed E-state index contributed by atoms with van der Waals surface area (Å²) in [5, 5.41) is 7.69. The Bertz CT molecular complexity index is 785. The Balaban J connectivity index is 1.57. The van der Waals surface area contributed by atoms with Crippen LogP contribution in [0.15, 0.2) is 34.7 Å². The number of anilines is 1. The van der Waals surface area contributed by atoms with Gasteiger partial charge in [-0.25, -0.2) is 4.98 Å². The van der Waals surface area contributed by atoms with E-state index in [1.807, 2.05) is 51.1 Å². The van der Waals surface area contributed by atoms with Crippen molar-refractivity contribution in [3.8, 4) is 0 Å². The Morgan fingerprint density at radius 3 is 2.83 bits per heavy atom. The summed E-state index contributed by atoms with van der Waals surface area (Å²) in [6.45, 7) is 6.10. The normalized spacial score (nSPS) is 12.5. The van der Waals surface area contributed by atoms with E-state index in [1.165, 1.54) is 11.3 Å². The number of para-hydroxylation sites is 1. The highest BCUT2D eigenvalue weighted by Crippen LogP contribution is 2.23. The van der Waals surface area contributed by atoms with Crippen LogP contribution in [0.3, 0.4) is 0 Å². The number of hydrogen-bond acceptors (Lipinski definition) is 5. The number of furan rings is 1. The van der Waals surface area contributed by atoms with Gasteiger partial charge in [0.15, 0.2) is 5.13 Å². The lowest BCUT2D eigenvalue weighted by Gasteiger charge is -2.10. The first-order valence-corrected chi connectivity index (χ1v) is 8.30. The zero-order valence-electron chi connectivity index (χ0n) is 13.3. The third-order valence-corrected chi connectivity index (χ3v) is 4.70. The lowest BCUT2D eigenvalue weighted by Crippen LogP contribution is -2.29. The number of rotatable bonds is 5. The molecule has 2 N–H and O–H groups in total. The summed E-state index contributed by atoms with van der Waals surface area (Å²) in [6.07, 6.45) is 0. The predicted octanol–water partition coefficient (Wildman–Crippen LogP) is 3.80. The second-order valence-electron chi connectivity index (χ2n) is 5.50. The highest BCUT2D eigenvalue weighted by molar-refractivity contribution is 7.15. The van der Waals surface area contributed by atoms with E-state index in [4.69, 9.17) is 4.42 Å². The first kappa shape index (κ1) is 15.7. The molecule has 1 amide bonds. The van der Waals surface area contributed by atoms with Gasteiger partial charge in [0, 0.05) is 10.3 Å². The van der Waals surface area contributed by atoms with Crippen molar-refractivity contribution in [2.24, 2.45) is 0 Å². The van der Waals surface area contributed by atoms with Crippen molar-refractivity contribution in [3.63, 3.8) is 0 Å². The van der Waals surface area contributed by atoms with E-state index in [0.717, 1.165) is 27.3 Å². The summed E-state index contributed by atoms with van der Waals surface area (Å²) in [6, 6.07) is 9.82. The first-order chi connectivity index (χ1) is 11.0. The quantitative estimate of drug-likeness (QED) is 0.747. The van der Waals surface area contributed by atoms with E-state index in [2.05, 4.69) is 15.6 Å². The SMILES string of the molecule is Cc1nc(NC(=O)CNC(C)c2cc3ccccc3o2)sc1C. The molecular formula is C17H19N3O2S. The van der Waals surface area contributed by atoms with Gasteiger partial charge in [0.25, 0.3) is 0 Å². The Labute approximate surface area is 138 Å². The molecule has 0 aliphatic heterocycles. The molecule has 23 heavy (non-hydrogen) atoms. The van der Waals surface area contributed by atoms with Gasteiger partial charge in [0.1, 0.15) is 11.3 Å². The van der Waals surface area contributed by atoms with E-state index >= 15 is 0 Å². The van der Waals surface area contributed by atoms with Gasteiger partial charge in [-0.15, -0.1) is 11.3 Å². The number of nitrogens with one attached hydrogen (secondary N) is 2. The fourth-order valence-electron chi connectivity index (χ4n) is 2.25. The highest BCUT2D eigenvalue weighted by Gasteiger charge is 2.13. The van der Waals surface area contributed by atoms with Gasteiger partial charge in [-0.3, -0.25) is 10.1 Å². The molecule has 0 aliphatic carbocycles. The lowest BCUT2D eigenvalue weighted by atomic mass is 10.2. The van der Waals surface area contributed by atoms with Gasteiger partial charge in [-0.2, -0.15) is 0 Å². The molecule has 1 atom stereocenters. The second kappa shape index (κ2) is 6.52. The topological polar surface area (TPSA) is 67.2 Å². The van der Waals surface area contributed by atoms with Crippen molar-refractivity contribution < 1.29 is 9.21 Å². The second-order valence-corrected chi connectivity index (χ2v) is 6.70. The number of carbonyl (C=O) groups is 1. The van der Waals surface area contributed by atoms with Crippen LogP contribution in [0.5, 0.6) is 0 Å². The fraction of sp³-hybridized carbons (Fsp3) is 0.294. The Hall–Kier alpha value is -2.18. The first-order valence-electron chi connectivity index (χ1n) is 7.48. The molecule has 2 heterocycles. The standard InChI is InChI=1S/C17H19N3O2S/c1-10-12(3)23-17(19-10)20-16(21)9-18-11(2)15-8-13-6-4-5-7-14(13)22-15/h4-8,11,18H,9H2,1-3H3,(H,19,20,21). The van der Waals surface area contributed by atoms with E-state index in [1.54, 1.807) is 0 Å². The number of hydrogen-bond donors (Lipinski definition) is 2. The number of amides is 1. The van der Waals surface area contributed by atoms with E-state index in [0.29, 0.717) is 5.13 Å². The minimum atomic E-state index is -0.110. The molecule has 0 fully saturated rings. The van der Waals surface area contributed by atoms with Crippen molar-refractivity contribution in [3.05, 3.63) is 46.7 Å². The highest BCUT2D eigenvalue weighted by atomic mass is 32.1. The summed E-state index contributed by atoms with van der Waals surface area (Å²) in [5.41, 5.74) is 1.81. The van der Waals surface area contributed by atoms with Crippen LogP contribution in [0, 0.1) is 13.8 Å². The number of nitrogens with zero attached hydrogens (tertiary/aromatic N) is 1. The third kappa shape index (κ3) is 3.60. The molecule has 0 spiro atoms. The van der Waals surface area contributed by atoms with Gasteiger partial charge in [0.2, 0.25) is 5.91 Å². The predicted molar refractivity (Wildman–Crippen MR) is 92.8 cm³/mol. The maximum atomic E-state index is 12.0. The van der Waals surface area contributed by atoms with Crippen LogP contribution >= 0.6 is 11.3 Å². The average molecular weight is 329 g/mol. The molecule has 5 nitrogen and oxygen atoms in total. The molecule has 0 aliphatic rings. The van der Waals surface area contributed by atoms with Gasteiger partial charge in [0.05, 0.1) is 18.3 Å². The minimum absolute atomic E-state index is 0.0482. The van der Waals surface area contributed by atoms with Crippen LogP contribution in [-0.4, -0.2) is 17.4 Å². The van der Waals surface area contributed by atoms with Crippen LogP contribution < -0.4 is 10.6 Å². The zero-order chi connectivity index (χ0) is 16.4. The molecular weight excluding hydrogens is 310 g/mol. The fourth-order valence-corrected chi connectivity index (χ4v) is 3.08. The third-order valence-electron chi connectivity index (χ3n) is 3.72. The molecule has 1 aromatic carbocycles. The summed E-state index contributed by atoms with van der Waals surface area (Å²) in [7, 11) is 0. The molecule has 0 saturated carbocycles. The van der Waals surface area contributed by atoms with Crippen LogP contribution in [0.2, 0.25) is 0 Å². The summed E-state index contributed by atoms with van der Waals surface area (Å²) < 4.78 is 5.79. The number of benzene rings is 1. The molecule has 120 valence electrons. The van der Waals surface area contributed by atoms with Gasteiger partial charge in [-0.1, -0.05) is 18.2 Å². The van der Waals surface area contributed by atoms with Crippen LogP contribution in [0.1, 0.15) is 29.3 Å². The Morgan fingerprint density at radius 1 is 1.35 bits per heavy atom. The number of aromatic nitrogens is 1. The molecule has 1 unspecified atom stereocenters. The molecule has 3 rings (SSSR count). The van der Waals surface area contributed by atoms with Crippen molar-refractivity contribution in [2.75, 3.05) is 11.9 Å².